The lowest BCUT2D eigenvalue weighted by atomic mass is 9.86. The van der Waals surface area contributed by atoms with Crippen molar-refractivity contribution < 1.29 is 17.6 Å². The molecule has 3 rings (SSSR count). The van der Waals surface area contributed by atoms with Gasteiger partial charge in [0.1, 0.15) is 0 Å². The Hall–Kier alpha value is -2.18. The van der Waals surface area contributed by atoms with Gasteiger partial charge in [-0.1, -0.05) is 36.5 Å². The molecule has 0 bridgehead atoms. The fourth-order valence-electron chi connectivity index (χ4n) is 3.84. The quantitative estimate of drug-likeness (QED) is 0.519. The van der Waals surface area contributed by atoms with Crippen LogP contribution in [0.3, 0.4) is 0 Å². The Morgan fingerprint density at radius 3 is 1.25 bits per heavy atom. The van der Waals surface area contributed by atoms with Crippen LogP contribution in [0, 0.1) is 23.3 Å². The van der Waals surface area contributed by atoms with Crippen LogP contribution >= 0.6 is 0 Å². The first-order valence-corrected chi connectivity index (χ1v) is 9.12. The number of halogens is 4. The Balaban J connectivity index is 2.06. The molecule has 2 aliphatic carbocycles. The maximum absolute atomic E-state index is 15.0. The summed E-state index contributed by atoms with van der Waals surface area (Å²) in [7, 11) is 7.27. The number of hydrogen-bond acceptors (Lipinski definition) is 2. The van der Waals surface area contributed by atoms with Gasteiger partial charge >= 0.3 is 0 Å². The van der Waals surface area contributed by atoms with E-state index in [9.17, 15) is 17.6 Å². The molecule has 1 aromatic carbocycles. The molecule has 0 N–H and O–H groups in total. The van der Waals surface area contributed by atoms with Gasteiger partial charge in [0.05, 0.1) is 0 Å². The second-order valence-electron chi connectivity index (χ2n) is 7.77. The molecule has 0 fully saturated rings. The molecule has 0 heterocycles. The fourth-order valence-corrected chi connectivity index (χ4v) is 3.84. The van der Waals surface area contributed by atoms with Crippen molar-refractivity contribution in [2.75, 3.05) is 41.3 Å². The minimum Gasteiger partial charge on any atom is -0.305 e. The minimum atomic E-state index is -1.32. The fraction of sp³-hybridized carbons (Fsp3) is 0.364. The summed E-state index contributed by atoms with van der Waals surface area (Å²) in [5.74, 6) is -6.92. The molecule has 150 valence electrons. The number of likely N-dealkylation sites (N-methyl/N-ethyl adjacent to an activating group) is 2. The van der Waals surface area contributed by atoms with Crippen molar-refractivity contribution in [2.45, 2.75) is 11.8 Å². The lowest BCUT2D eigenvalue weighted by Gasteiger charge is -2.23. The van der Waals surface area contributed by atoms with E-state index in [1.54, 1.807) is 36.5 Å². The molecule has 1 aromatic rings. The second kappa shape index (κ2) is 8.05. The number of benzene rings is 1. The molecule has 0 aromatic heterocycles. The van der Waals surface area contributed by atoms with E-state index < -0.39 is 46.2 Å². The maximum atomic E-state index is 15.0. The first-order chi connectivity index (χ1) is 13.2. The number of hydrogen-bond donors (Lipinski definition) is 0. The van der Waals surface area contributed by atoms with Gasteiger partial charge in [-0.05, 0) is 39.3 Å². The van der Waals surface area contributed by atoms with Crippen LogP contribution in [0.4, 0.5) is 17.6 Å². The topological polar surface area (TPSA) is 6.48 Å². The normalized spacial score (nSPS) is 21.2. The van der Waals surface area contributed by atoms with Gasteiger partial charge in [-0.25, -0.2) is 17.6 Å². The summed E-state index contributed by atoms with van der Waals surface area (Å²) in [4.78, 5) is 3.68. The van der Waals surface area contributed by atoms with Crippen molar-refractivity contribution in [1.29, 1.82) is 0 Å². The molecule has 0 spiro atoms. The Morgan fingerprint density at radius 2 is 0.964 bits per heavy atom. The third kappa shape index (κ3) is 3.71. The SMILES string of the molecule is CN(C)CC1=CC=CC1c1c(F)c(F)c(C2C=CC=C2CN(C)C)c(F)c1F. The third-order valence-electron chi connectivity index (χ3n) is 4.98. The van der Waals surface area contributed by atoms with E-state index >= 15 is 0 Å². The van der Waals surface area contributed by atoms with Crippen LogP contribution in [0.1, 0.15) is 23.0 Å². The van der Waals surface area contributed by atoms with Crippen LogP contribution in [0.15, 0.2) is 47.6 Å². The zero-order valence-corrected chi connectivity index (χ0v) is 16.4. The standard InChI is InChI=1S/C22H24F4N2/c1-27(2)11-13-7-5-9-15(13)17-19(23)21(25)18(22(26)20(17)24)16-10-6-8-14(16)12-28(3)4/h5-10,15-16H,11-12H2,1-4H3. The highest BCUT2D eigenvalue weighted by atomic mass is 19.2. The third-order valence-corrected chi connectivity index (χ3v) is 4.98. The van der Waals surface area contributed by atoms with Gasteiger partial charge in [0.25, 0.3) is 0 Å². The van der Waals surface area contributed by atoms with E-state index in [1.165, 1.54) is 0 Å². The zero-order chi connectivity index (χ0) is 20.6. The molecular weight excluding hydrogens is 368 g/mol. The van der Waals surface area contributed by atoms with Crippen molar-refractivity contribution >= 4 is 0 Å². The van der Waals surface area contributed by atoms with Crippen LogP contribution in [-0.4, -0.2) is 51.1 Å². The van der Waals surface area contributed by atoms with Crippen LogP contribution < -0.4 is 0 Å². The summed E-state index contributed by atoms with van der Waals surface area (Å²) in [5.41, 5.74) is 0.230. The van der Waals surface area contributed by atoms with Gasteiger partial charge in [0.2, 0.25) is 0 Å². The average Bonchev–Trinajstić information content (AvgIpc) is 3.23. The predicted octanol–water partition coefficient (Wildman–Crippen LogP) is 4.53. The van der Waals surface area contributed by atoms with Crippen molar-refractivity contribution in [1.82, 2.24) is 9.80 Å². The molecule has 2 unspecified atom stereocenters. The second-order valence-corrected chi connectivity index (χ2v) is 7.77. The van der Waals surface area contributed by atoms with E-state index in [0.717, 1.165) is 0 Å². The smallest absolute Gasteiger partial charge is 0.166 e. The van der Waals surface area contributed by atoms with Crippen LogP contribution in [-0.2, 0) is 0 Å². The molecule has 2 aliphatic rings. The van der Waals surface area contributed by atoms with Gasteiger partial charge in [0, 0.05) is 36.1 Å². The van der Waals surface area contributed by atoms with Gasteiger partial charge < -0.3 is 9.80 Å². The molecular formula is C22H24F4N2. The van der Waals surface area contributed by atoms with Gasteiger partial charge in [-0.2, -0.15) is 0 Å². The highest BCUT2D eigenvalue weighted by Gasteiger charge is 2.35. The Labute approximate surface area is 163 Å². The molecule has 0 amide bonds. The summed E-state index contributed by atoms with van der Waals surface area (Å²) in [6, 6.07) is 0. The Morgan fingerprint density at radius 1 is 0.643 bits per heavy atom. The molecule has 6 heteroatoms. The predicted molar refractivity (Wildman–Crippen MR) is 103 cm³/mol. The first kappa shape index (κ1) is 20.6. The molecule has 0 aliphatic heterocycles. The van der Waals surface area contributed by atoms with Crippen molar-refractivity contribution in [3.63, 3.8) is 0 Å². The highest BCUT2D eigenvalue weighted by molar-refractivity contribution is 5.49. The summed E-state index contributed by atoms with van der Waals surface area (Å²) in [5, 5.41) is 0. The summed E-state index contributed by atoms with van der Waals surface area (Å²) in [6.07, 6.45) is 9.89. The van der Waals surface area contributed by atoms with Gasteiger partial charge in [-0.15, -0.1) is 0 Å². The van der Waals surface area contributed by atoms with Crippen molar-refractivity contribution in [2.24, 2.45) is 0 Å². The number of rotatable bonds is 6. The lowest BCUT2D eigenvalue weighted by Crippen LogP contribution is -2.21. The molecule has 0 saturated heterocycles. The van der Waals surface area contributed by atoms with Crippen LogP contribution in [0.5, 0.6) is 0 Å². The van der Waals surface area contributed by atoms with Crippen LogP contribution in [0.2, 0.25) is 0 Å². The average molecular weight is 392 g/mol. The Kier molecular flexibility index (Phi) is 5.91. The zero-order valence-electron chi connectivity index (χ0n) is 16.4. The van der Waals surface area contributed by atoms with Crippen molar-refractivity contribution in [3.8, 4) is 0 Å². The summed E-state index contributed by atoms with van der Waals surface area (Å²) >= 11 is 0. The van der Waals surface area contributed by atoms with E-state index in [1.807, 2.05) is 38.0 Å². The van der Waals surface area contributed by atoms with Crippen LogP contribution in [0.25, 0.3) is 0 Å². The molecule has 0 radical (unpaired) electrons. The Bertz CT molecular complexity index is 792. The lowest BCUT2D eigenvalue weighted by molar-refractivity contribution is 0.408. The maximum Gasteiger partial charge on any atom is 0.166 e. The molecule has 0 saturated carbocycles. The van der Waals surface area contributed by atoms with E-state index in [-0.39, 0.29) is 0 Å². The summed E-state index contributed by atoms with van der Waals surface area (Å²) in [6.45, 7) is 0.866. The largest absolute Gasteiger partial charge is 0.305 e. The van der Waals surface area contributed by atoms with E-state index in [0.29, 0.717) is 24.2 Å². The molecule has 28 heavy (non-hydrogen) atoms. The van der Waals surface area contributed by atoms with Gasteiger partial charge in [0.15, 0.2) is 23.3 Å². The number of allylic oxidation sites excluding steroid dienone is 6. The van der Waals surface area contributed by atoms with E-state index in [4.69, 9.17) is 0 Å². The summed E-state index contributed by atoms with van der Waals surface area (Å²) < 4.78 is 60.0. The van der Waals surface area contributed by atoms with E-state index in [2.05, 4.69) is 0 Å². The molecule has 2 atom stereocenters. The minimum absolute atomic E-state index is 0.433. The van der Waals surface area contributed by atoms with Gasteiger partial charge in [-0.3, -0.25) is 0 Å². The number of nitrogens with zero attached hydrogens (tertiary/aromatic N) is 2. The first-order valence-electron chi connectivity index (χ1n) is 9.12. The molecule has 2 nitrogen and oxygen atoms in total. The monoisotopic (exact) mass is 392 g/mol. The highest BCUT2D eigenvalue weighted by Crippen LogP contribution is 2.41. The van der Waals surface area contributed by atoms with Crippen molar-refractivity contribution in [3.05, 3.63) is 82.0 Å².